The molecule has 0 amide bonds. The van der Waals surface area contributed by atoms with E-state index in [1.165, 1.54) is 12.8 Å². The fraction of sp³-hybridized carbons (Fsp3) is 0.833. The summed E-state index contributed by atoms with van der Waals surface area (Å²) in [5.41, 5.74) is 0. The van der Waals surface area contributed by atoms with Crippen molar-refractivity contribution >= 4 is 0 Å². The second kappa shape index (κ2) is 4.11. The minimum absolute atomic E-state index is 0.814. The molecule has 0 saturated heterocycles. The molecule has 0 spiro atoms. The van der Waals surface area contributed by atoms with Crippen LogP contribution >= 0.6 is 0 Å². The molecule has 1 rings (SSSR count). The fourth-order valence-corrected chi connectivity index (χ4v) is 2.37. The molecule has 70 valence electrons. The van der Waals surface area contributed by atoms with Crippen molar-refractivity contribution in [2.75, 3.05) is 0 Å². The molecule has 1 aliphatic rings. The van der Waals surface area contributed by atoms with Gasteiger partial charge in [-0.25, -0.2) is 0 Å². The normalized spacial score (nSPS) is 30.2. The average Bonchev–Trinajstić information content (AvgIpc) is 2.04. The molecule has 0 N–H and O–H groups in total. The maximum absolute atomic E-state index is 2.44. The van der Waals surface area contributed by atoms with Crippen LogP contribution in [0.2, 0.25) is 0 Å². The van der Waals surface area contributed by atoms with Crippen LogP contribution in [0.25, 0.3) is 0 Å². The van der Waals surface area contributed by atoms with Gasteiger partial charge in [0.1, 0.15) is 0 Å². The first-order chi connectivity index (χ1) is 5.63. The van der Waals surface area contributed by atoms with Gasteiger partial charge in [0, 0.05) is 0 Å². The van der Waals surface area contributed by atoms with Crippen LogP contribution in [0.3, 0.4) is 0 Å². The summed E-state index contributed by atoms with van der Waals surface area (Å²) < 4.78 is 0. The van der Waals surface area contributed by atoms with Crippen molar-refractivity contribution in [2.45, 2.75) is 40.5 Å². The number of hydrogen-bond donors (Lipinski definition) is 0. The van der Waals surface area contributed by atoms with Crippen LogP contribution in [0.4, 0.5) is 0 Å². The summed E-state index contributed by atoms with van der Waals surface area (Å²) in [5, 5.41) is 0. The van der Waals surface area contributed by atoms with Crippen molar-refractivity contribution in [3.05, 3.63) is 12.2 Å². The lowest BCUT2D eigenvalue weighted by Gasteiger charge is -2.33. The van der Waals surface area contributed by atoms with Crippen molar-refractivity contribution < 1.29 is 0 Å². The van der Waals surface area contributed by atoms with Gasteiger partial charge in [-0.15, -0.1) is 0 Å². The van der Waals surface area contributed by atoms with E-state index in [9.17, 15) is 0 Å². The summed E-state index contributed by atoms with van der Waals surface area (Å²) in [7, 11) is 0. The smallest absolute Gasteiger partial charge is 0.0179 e. The third-order valence-corrected chi connectivity index (χ3v) is 3.15. The summed E-state index contributed by atoms with van der Waals surface area (Å²) in [5.74, 6) is 3.42. The Kier molecular flexibility index (Phi) is 3.37. The molecule has 0 aromatic heterocycles. The number of allylic oxidation sites excluding steroid dienone is 2. The van der Waals surface area contributed by atoms with E-state index >= 15 is 0 Å². The van der Waals surface area contributed by atoms with E-state index in [2.05, 4.69) is 39.8 Å². The molecular formula is C12H22. The van der Waals surface area contributed by atoms with Crippen molar-refractivity contribution in [2.24, 2.45) is 23.7 Å². The molecule has 0 saturated carbocycles. The Balaban J connectivity index is 2.65. The van der Waals surface area contributed by atoms with Gasteiger partial charge in [-0.1, -0.05) is 39.8 Å². The zero-order chi connectivity index (χ0) is 9.14. The minimum atomic E-state index is 0.814. The van der Waals surface area contributed by atoms with E-state index in [0.29, 0.717) is 0 Å². The summed E-state index contributed by atoms with van der Waals surface area (Å²) in [6, 6.07) is 0. The molecule has 0 nitrogen and oxygen atoms in total. The lowest BCUT2D eigenvalue weighted by Crippen LogP contribution is -2.25. The topological polar surface area (TPSA) is 0 Å². The van der Waals surface area contributed by atoms with Crippen LogP contribution in [0.5, 0.6) is 0 Å². The van der Waals surface area contributed by atoms with E-state index in [1.807, 2.05) is 0 Å². The van der Waals surface area contributed by atoms with E-state index in [0.717, 1.165) is 23.7 Å². The lowest BCUT2D eigenvalue weighted by molar-refractivity contribution is 0.219. The monoisotopic (exact) mass is 166 g/mol. The largest absolute Gasteiger partial charge is 0.0882 e. The predicted octanol–water partition coefficient (Wildman–Crippen LogP) is 3.88. The van der Waals surface area contributed by atoms with Gasteiger partial charge in [-0.2, -0.15) is 0 Å². The van der Waals surface area contributed by atoms with Gasteiger partial charge in [0.2, 0.25) is 0 Å². The predicted molar refractivity (Wildman–Crippen MR) is 55.0 cm³/mol. The molecule has 2 atom stereocenters. The highest BCUT2D eigenvalue weighted by molar-refractivity contribution is 4.98. The highest BCUT2D eigenvalue weighted by atomic mass is 14.3. The highest BCUT2D eigenvalue weighted by Crippen LogP contribution is 2.35. The molecule has 0 bridgehead atoms. The van der Waals surface area contributed by atoms with Gasteiger partial charge in [-0.3, -0.25) is 0 Å². The molecule has 0 aromatic rings. The average molecular weight is 166 g/mol. The Labute approximate surface area is 77.1 Å². The summed E-state index contributed by atoms with van der Waals surface area (Å²) >= 11 is 0. The molecule has 12 heavy (non-hydrogen) atoms. The van der Waals surface area contributed by atoms with Gasteiger partial charge >= 0.3 is 0 Å². The lowest BCUT2D eigenvalue weighted by atomic mass is 9.72. The first kappa shape index (κ1) is 9.83. The number of rotatable bonds is 2. The van der Waals surface area contributed by atoms with Gasteiger partial charge in [-0.05, 0) is 36.5 Å². The molecule has 2 unspecified atom stereocenters. The Morgan fingerprint density at radius 2 is 1.75 bits per heavy atom. The summed E-state index contributed by atoms with van der Waals surface area (Å²) in [6.07, 6.45) is 7.51. The maximum atomic E-state index is 2.44. The second-order valence-corrected chi connectivity index (χ2v) is 4.73. The van der Waals surface area contributed by atoms with E-state index in [-0.39, 0.29) is 0 Å². The van der Waals surface area contributed by atoms with E-state index in [4.69, 9.17) is 0 Å². The fourth-order valence-electron chi connectivity index (χ4n) is 2.37. The SMILES string of the molecule is CC(C)C1C=CCCC1C(C)C. The first-order valence-electron chi connectivity index (χ1n) is 5.29. The Morgan fingerprint density at radius 3 is 2.17 bits per heavy atom. The minimum Gasteiger partial charge on any atom is -0.0882 e. The van der Waals surface area contributed by atoms with E-state index in [1.54, 1.807) is 0 Å². The van der Waals surface area contributed by atoms with Crippen LogP contribution < -0.4 is 0 Å². The molecule has 1 aliphatic carbocycles. The van der Waals surface area contributed by atoms with Crippen LogP contribution in [0.15, 0.2) is 12.2 Å². The first-order valence-corrected chi connectivity index (χ1v) is 5.29. The van der Waals surface area contributed by atoms with Crippen LogP contribution in [-0.2, 0) is 0 Å². The summed E-state index contributed by atoms with van der Waals surface area (Å²) in [4.78, 5) is 0. The third kappa shape index (κ3) is 2.12. The zero-order valence-electron chi connectivity index (χ0n) is 8.88. The van der Waals surface area contributed by atoms with E-state index < -0.39 is 0 Å². The molecule has 0 fully saturated rings. The van der Waals surface area contributed by atoms with Crippen molar-refractivity contribution in [1.29, 1.82) is 0 Å². The quantitative estimate of drug-likeness (QED) is 0.546. The molecule has 0 aromatic carbocycles. The zero-order valence-corrected chi connectivity index (χ0v) is 8.88. The van der Waals surface area contributed by atoms with Gasteiger partial charge in [0.15, 0.2) is 0 Å². The molecule has 0 aliphatic heterocycles. The third-order valence-electron chi connectivity index (χ3n) is 3.15. The Hall–Kier alpha value is -0.260. The standard InChI is InChI=1S/C12H22/c1-9(2)11-7-5-6-8-12(11)10(3)4/h5,7,9-12H,6,8H2,1-4H3. The van der Waals surface area contributed by atoms with Crippen LogP contribution in [0.1, 0.15) is 40.5 Å². The van der Waals surface area contributed by atoms with Crippen molar-refractivity contribution in [3.8, 4) is 0 Å². The molecular weight excluding hydrogens is 144 g/mol. The highest BCUT2D eigenvalue weighted by Gasteiger charge is 2.26. The molecule has 0 radical (unpaired) electrons. The molecule has 0 heterocycles. The van der Waals surface area contributed by atoms with Gasteiger partial charge in [0.25, 0.3) is 0 Å². The van der Waals surface area contributed by atoms with Crippen molar-refractivity contribution in [1.82, 2.24) is 0 Å². The Bertz CT molecular complexity index is 153. The van der Waals surface area contributed by atoms with Crippen molar-refractivity contribution in [3.63, 3.8) is 0 Å². The number of hydrogen-bond acceptors (Lipinski definition) is 0. The second-order valence-electron chi connectivity index (χ2n) is 4.73. The summed E-state index contributed by atoms with van der Waals surface area (Å²) in [6.45, 7) is 9.41. The van der Waals surface area contributed by atoms with Crippen LogP contribution in [-0.4, -0.2) is 0 Å². The van der Waals surface area contributed by atoms with Crippen LogP contribution in [0, 0.1) is 23.7 Å². The Morgan fingerprint density at radius 1 is 1.08 bits per heavy atom. The molecule has 0 heteroatoms. The maximum Gasteiger partial charge on any atom is -0.0179 e. The van der Waals surface area contributed by atoms with Gasteiger partial charge < -0.3 is 0 Å². The van der Waals surface area contributed by atoms with Gasteiger partial charge in [0.05, 0.1) is 0 Å².